The van der Waals surface area contributed by atoms with Gasteiger partial charge >= 0.3 is 13.3 Å². The van der Waals surface area contributed by atoms with Gasteiger partial charge in [-0.3, -0.25) is 20.2 Å². The molecule has 77 heavy (non-hydrogen) atoms. The van der Waals surface area contributed by atoms with Crippen LogP contribution in [0.2, 0.25) is 20.1 Å². The average Bonchev–Trinajstić information content (AvgIpc) is 3.79. The first-order chi connectivity index (χ1) is 36.1. The van der Waals surface area contributed by atoms with Crippen LogP contribution in [0.3, 0.4) is 0 Å². The Kier molecular flexibility index (Phi) is 21.1. The van der Waals surface area contributed by atoms with Gasteiger partial charge in [0.1, 0.15) is 40.4 Å². The van der Waals surface area contributed by atoms with Crippen LogP contribution in [-0.4, -0.2) is 38.9 Å². The number of nitro groups is 2. The molecule has 1 heterocycles. The molecule has 0 spiro atoms. The predicted molar refractivity (Wildman–Crippen MR) is 299 cm³/mol. The van der Waals surface area contributed by atoms with E-state index in [0.29, 0.717) is 58.3 Å². The number of benzene rings is 8. The van der Waals surface area contributed by atoms with Crippen molar-refractivity contribution < 1.29 is 50.6 Å². The molecule has 1 aliphatic heterocycles. The fourth-order valence-corrected chi connectivity index (χ4v) is 8.07. The molecule has 0 saturated heterocycles. The molecule has 10 N–H and O–H groups in total. The molecule has 0 fully saturated rings. The molecule has 1 aliphatic rings. The summed E-state index contributed by atoms with van der Waals surface area (Å²) >= 11 is 25.7. The zero-order valence-electron chi connectivity index (χ0n) is 38.9. The molecule has 0 atom stereocenters. The van der Waals surface area contributed by atoms with E-state index in [1.807, 2.05) is 22.6 Å². The summed E-state index contributed by atoms with van der Waals surface area (Å²) in [6.45, 7) is 0. The van der Waals surface area contributed by atoms with Crippen LogP contribution in [0.25, 0.3) is 33.4 Å². The number of alkyl halides is 3. The van der Waals surface area contributed by atoms with E-state index in [1.54, 1.807) is 30.3 Å². The molecular weight excluding hydrogens is 1220 g/mol. The smallest absolute Gasteiger partial charge is 0.423 e. The van der Waals surface area contributed by atoms with Gasteiger partial charge in [0, 0.05) is 38.8 Å². The number of halogens is 12. The molecule has 13 nitrogen and oxygen atoms in total. The van der Waals surface area contributed by atoms with Gasteiger partial charge in [0.15, 0.2) is 0 Å². The number of rotatable bonds is 6. The third-order valence-electron chi connectivity index (χ3n) is 10.5. The van der Waals surface area contributed by atoms with Crippen molar-refractivity contribution in [1.82, 2.24) is 0 Å². The zero-order chi connectivity index (χ0) is 57.1. The minimum Gasteiger partial charge on any atom is -0.423 e. The van der Waals surface area contributed by atoms with Gasteiger partial charge in [-0.05, 0) is 135 Å². The zero-order valence-corrected chi connectivity index (χ0v) is 44.0. The number of fused-ring (bicyclic) bond motifs is 1. The number of nitrogens with two attached hydrogens (primary N) is 4. The van der Waals surface area contributed by atoms with Crippen LogP contribution in [0.1, 0.15) is 5.56 Å². The lowest BCUT2D eigenvalue weighted by Gasteiger charge is -2.08. The number of hydrogen-bond acceptors (Lipinski definition) is 11. The number of aliphatic imine (C=N–C) groups is 1. The molecule has 0 unspecified atom stereocenters. The Morgan fingerprint density at radius 2 is 0.870 bits per heavy atom. The Balaban J connectivity index is 0.000000182. The number of hydrogen-bond donors (Lipinski definition) is 6. The normalized spacial score (nSPS) is 11.2. The maximum atomic E-state index is 12.9. The topological polar surface area (TPSA) is 243 Å². The fraction of sp³-hybridized carbons (Fsp3) is 0.0392. The van der Waals surface area contributed by atoms with Gasteiger partial charge in [-0.25, -0.2) is 22.6 Å². The molecule has 0 saturated carbocycles. The summed E-state index contributed by atoms with van der Waals surface area (Å²) in [6.07, 6.45) is -4.72. The van der Waals surface area contributed by atoms with Crippen molar-refractivity contribution >= 4 is 127 Å². The summed E-state index contributed by atoms with van der Waals surface area (Å²) in [5, 5.41) is 39.7. The van der Waals surface area contributed by atoms with Gasteiger partial charge < -0.3 is 33.0 Å². The van der Waals surface area contributed by atoms with E-state index in [1.165, 1.54) is 115 Å². The van der Waals surface area contributed by atoms with Crippen LogP contribution in [0.4, 0.5) is 70.5 Å². The first-order valence-corrected chi connectivity index (χ1v) is 24.1. The Bertz CT molecular complexity index is 3460. The van der Waals surface area contributed by atoms with E-state index in [9.17, 15) is 51.0 Å². The van der Waals surface area contributed by atoms with E-state index < -0.39 is 34.7 Å². The van der Waals surface area contributed by atoms with Crippen LogP contribution in [0, 0.1) is 47.1 Å². The predicted octanol–water partition coefficient (Wildman–Crippen LogP) is 14.2. The lowest BCUT2D eigenvalue weighted by Crippen LogP contribution is -2.29. The highest BCUT2D eigenvalue weighted by atomic mass is 127. The van der Waals surface area contributed by atoms with E-state index in [2.05, 4.69) is 4.99 Å². The summed E-state index contributed by atoms with van der Waals surface area (Å²) in [4.78, 5) is 23.6. The van der Waals surface area contributed by atoms with Crippen LogP contribution in [-0.2, 0) is 6.42 Å². The second-order valence-corrected chi connectivity index (χ2v) is 18.6. The third kappa shape index (κ3) is 16.9. The molecule has 26 heteroatoms. The van der Waals surface area contributed by atoms with Gasteiger partial charge in [-0.1, -0.05) is 94.9 Å². The molecule has 0 bridgehead atoms. The maximum absolute atomic E-state index is 12.9. The van der Waals surface area contributed by atoms with Crippen molar-refractivity contribution in [3.05, 3.63) is 218 Å². The summed E-state index contributed by atoms with van der Waals surface area (Å²) in [7, 11) is -1.51. The Morgan fingerprint density at radius 3 is 1.29 bits per heavy atom. The molecule has 9 rings (SSSR count). The summed E-state index contributed by atoms with van der Waals surface area (Å²) in [5.41, 5.74) is 26.8. The van der Waals surface area contributed by atoms with Gasteiger partial charge in [-0.15, -0.1) is 0 Å². The molecule has 8 aromatic carbocycles. The Labute approximate surface area is 467 Å². The summed E-state index contributed by atoms with van der Waals surface area (Å²) in [5.74, 6) is -1.45. The molecular formula is C51H36BCl4F7IN7O6. The Morgan fingerprint density at radius 1 is 0.519 bits per heavy atom. The highest BCUT2D eigenvalue weighted by Crippen LogP contribution is 2.40. The second-order valence-electron chi connectivity index (χ2n) is 15.8. The maximum Gasteiger partial charge on any atom is 0.488 e. The van der Waals surface area contributed by atoms with Crippen LogP contribution in [0.5, 0.6) is 0 Å². The van der Waals surface area contributed by atoms with Gasteiger partial charge in [0.05, 0.1) is 47.0 Å². The molecule has 0 amide bonds. The SMILES string of the molecule is Fc1ccc(-c2cc3c(cc2Cl)N=C(C(F)(F)F)C3)cc1.Nc1cc(Cl)c(-c2ccc(F)cc2)cc1N.Nc1cc(Cl)c(-c2ccc(F)cc2)cc1[N+](=O)[O-].Nc1cc(Cl)c(I)cc1[N+](=O)[O-].OB(O)c1ccc(F)cc1. The number of anilines is 4. The van der Waals surface area contributed by atoms with E-state index in [0.717, 1.165) is 11.1 Å². The number of nitrogen functional groups attached to an aromatic ring is 4. The van der Waals surface area contributed by atoms with Crippen LogP contribution < -0.4 is 28.4 Å². The van der Waals surface area contributed by atoms with Crippen molar-refractivity contribution in [3.8, 4) is 33.4 Å². The lowest BCUT2D eigenvalue weighted by molar-refractivity contribution is -0.384. The molecule has 0 aliphatic carbocycles. The molecule has 0 radical (unpaired) electrons. The third-order valence-corrected chi connectivity index (χ3v) is 13.0. The van der Waals surface area contributed by atoms with Crippen molar-refractivity contribution in [3.63, 3.8) is 0 Å². The standard InChI is InChI=1S/C15H8ClF4N.C12H8ClFN2O2.C12H10ClFN2.C6H6BFO2.C6H4ClIN2O2/c16-12-7-13-9(6-14(21-13)15(18,19)20)5-11(12)8-1-3-10(17)4-2-8;13-10-6-11(15)12(16(17)18)5-9(10)7-1-3-8(14)4-2-7;13-10-6-12(16)11(15)5-9(10)7-1-3-8(14)4-2-7;8-6-3-1-5(2-4-6)7(9)10;7-3-1-5(9)6(10(11)12)2-4(3)8/h1-5,7H,6H2;1-6H,15H2;1-6H,15-16H2;1-4,9-10H;1-2H,9H2. The minimum absolute atomic E-state index is 0.00383. The van der Waals surface area contributed by atoms with E-state index in [-0.39, 0.29) is 62.4 Å². The molecule has 398 valence electrons. The monoisotopic (exact) mass is 1250 g/mol. The fourth-order valence-electron chi connectivity index (χ4n) is 6.62. The van der Waals surface area contributed by atoms with Gasteiger partial charge in [-0.2, -0.15) is 13.2 Å². The van der Waals surface area contributed by atoms with E-state index >= 15 is 0 Å². The molecule has 0 aromatic heterocycles. The van der Waals surface area contributed by atoms with Crippen molar-refractivity contribution in [1.29, 1.82) is 0 Å². The molecule has 8 aromatic rings. The summed E-state index contributed by atoms with van der Waals surface area (Å²) < 4.78 is 89.4. The highest BCUT2D eigenvalue weighted by molar-refractivity contribution is 14.1. The number of nitro benzene ring substituents is 2. The van der Waals surface area contributed by atoms with Crippen LogP contribution >= 0.6 is 69.0 Å². The minimum atomic E-state index is -4.44. The van der Waals surface area contributed by atoms with Crippen molar-refractivity contribution in [2.75, 3.05) is 22.9 Å². The largest absolute Gasteiger partial charge is 0.488 e. The lowest BCUT2D eigenvalue weighted by atomic mass is 9.80. The van der Waals surface area contributed by atoms with E-state index in [4.69, 9.17) is 79.4 Å². The Hall–Kier alpha value is -7.19. The second kappa shape index (κ2) is 26.7. The van der Waals surface area contributed by atoms with Crippen LogP contribution in [0.15, 0.2) is 151 Å². The highest BCUT2D eigenvalue weighted by Gasteiger charge is 2.38. The van der Waals surface area contributed by atoms with Gasteiger partial charge in [0.25, 0.3) is 11.4 Å². The quantitative estimate of drug-likeness (QED) is 0.0230. The average molecular weight is 1260 g/mol. The first-order valence-electron chi connectivity index (χ1n) is 21.5. The first kappa shape index (κ1) is 60.7. The van der Waals surface area contributed by atoms with Gasteiger partial charge in [0.2, 0.25) is 0 Å². The van der Waals surface area contributed by atoms with Crippen molar-refractivity contribution in [2.24, 2.45) is 4.99 Å². The summed E-state index contributed by atoms with van der Waals surface area (Å²) in [6, 6.07) is 33.7. The number of nitrogens with zero attached hydrogens (tertiary/aromatic N) is 3. The van der Waals surface area contributed by atoms with Crippen molar-refractivity contribution in [2.45, 2.75) is 12.6 Å².